The molecule has 0 aromatic heterocycles. The Labute approximate surface area is 140 Å². The van der Waals surface area contributed by atoms with Crippen LogP contribution in [-0.4, -0.2) is 43.8 Å². The molecule has 0 spiro atoms. The Morgan fingerprint density at radius 2 is 2.05 bits per heavy atom. The molecule has 0 aliphatic rings. The molecule has 0 aliphatic carbocycles. The molecule has 0 heterocycles. The second-order valence-corrected chi connectivity index (χ2v) is 12.8. The quantitative estimate of drug-likeness (QED) is 0.384. The van der Waals surface area contributed by atoms with Crippen molar-refractivity contribution < 1.29 is 24.5 Å². The van der Waals surface area contributed by atoms with Crippen molar-refractivity contribution in [2.75, 3.05) is 13.4 Å². The number of carbonyl (C=O) groups is 1. The molecule has 0 bridgehead atoms. The van der Waals surface area contributed by atoms with Crippen LogP contribution in [0.25, 0.3) is 0 Å². The van der Waals surface area contributed by atoms with E-state index >= 15 is 0 Å². The summed E-state index contributed by atoms with van der Waals surface area (Å²) in [6, 6.07) is 6.29. The van der Waals surface area contributed by atoms with Crippen LogP contribution in [0.4, 0.5) is 0 Å². The summed E-state index contributed by atoms with van der Waals surface area (Å²) in [4.78, 5) is 10.6. The predicted octanol–water partition coefficient (Wildman–Crippen LogP) is 3.13. The lowest BCUT2D eigenvalue weighted by atomic mass is 10.1. The fraction of sp³-hybridized carbons (Fsp3) is 0.533. The smallest absolute Gasteiger partial charge is 0.332 e. The number of ether oxygens (including phenoxy) is 2. The van der Waals surface area contributed by atoms with E-state index in [2.05, 4.69) is 35.6 Å². The number of aliphatic hydroxyl groups is 1. The molecule has 7 heteroatoms. The molecule has 2 N–H and O–H groups in total. The van der Waals surface area contributed by atoms with Crippen molar-refractivity contribution in [2.24, 2.45) is 0 Å². The normalized spacial score (nSPS) is 13.0. The van der Waals surface area contributed by atoms with E-state index < -0.39 is 20.1 Å². The molecule has 0 radical (unpaired) electrons. The van der Waals surface area contributed by atoms with Gasteiger partial charge < -0.3 is 19.7 Å². The van der Waals surface area contributed by atoms with E-state index in [0.29, 0.717) is 22.4 Å². The Morgan fingerprint density at radius 1 is 1.36 bits per heavy atom. The molecule has 1 atom stereocenters. The molecule has 0 aliphatic heterocycles. The second-order valence-electron chi connectivity index (χ2n) is 6.30. The zero-order valence-corrected chi connectivity index (χ0v) is 15.7. The fourth-order valence-electron chi connectivity index (χ4n) is 1.64. The van der Waals surface area contributed by atoms with Crippen LogP contribution in [0.15, 0.2) is 22.7 Å². The second kappa shape index (κ2) is 8.66. The predicted molar refractivity (Wildman–Crippen MR) is 91.1 cm³/mol. The lowest BCUT2D eigenvalue weighted by Gasteiger charge is -2.16. The van der Waals surface area contributed by atoms with Crippen molar-refractivity contribution in [3.63, 3.8) is 0 Å². The number of carboxylic acid groups (broad SMARTS) is 1. The van der Waals surface area contributed by atoms with Gasteiger partial charge in [0.1, 0.15) is 5.75 Å². The first-order valence-corrected chi connectivity index (χ1v) is 11.6. The maximum Gasteiger partial charge on any atom is 0.332 e. The topological polar surface area (TPSA) is 76.0 Å². The van der Waals surface area contributed by atoms with Crippen molar-refractivity contribution in [3.05, 3.63) is 28.2 Å². The molecular weight excluding hydrogens is 368 g/mol. The highest BCUT2D eigenvalue weighted by Gasteiger charge is 2.15. The number of hydrogen-bond donors (Lipinski definition) is 2. The lowest BCUT2D eigenvalue weighted by molar-refractivity contribution is -0.146. The summed E-state index contributed by atoms with van der Waals surface area (Å²) in [5.41, 5.74) is 0.716. The minimum Gasteiger partial charge on any atom is -0.479 e. The zero-order chi connectivity index (χ0) is 16.8. The van der Waals surface area contributed by atoms with Crippen molar-refractivity contribution in [1.82, 2.24) is 0 Å². The molecule has 1 aromatic carbocycles. The van der Waals surface area contributed by atoms with E-state index in [-0.39, 0.29) is 13.2 Å². The lowest BCUT2D eigenvalue weighted by Crippen LogP contribution is -2.22. The zero-order valence-electron chi connectivity index (χ0n) is 13.1. The van der Waals surface area contributed by atoms with Gasteiger partial charge in [0.05, 0.1) is 4.47 Å². The summed E-state index contributed by atoms with van der Waals surface area (Å²) in [5, 5.41) is 18.0. The molecule has 5 nitrogen and oxygen atoms in total. The third kappa shape index (κ3) is 7.39. The average molecular weight is 391 g/mol. The summed E-state index contributed by atoms with van der Waals surface area (Å²) in [6.45, 7) is 7.74. The van der Waals surface area contributed by atoms with Crippen molar-refractivity contribution in [2.45, 2.75) is 38.2 Å². The molecule has 1 rings (SSSR count). The molecule has 0 saturated carbocycles. The van der Waals surface area contributed by atoms with E-state index in [4.69, 9.17) is 14.6 Å². The van der Waals surface area contributed by atoms with Gasteiger partial charge in [-0.1, -0.05) is 25.7 Å². The number of aliphatic carboxylic acids is 1. The molecular formula is C15H23BrO5Si. The van der Waals surface area contributed by atoms with Gasteiger partial charge in [-0.05, 0) is 39.7 Å². The van der Waals surface area contributed by atoms with E-state index in [1.54, 1.807) is 18.2 Å². The number of benzene rings is 1. The van der Waals surface area contributed by atoms with E-state index in [0.717, 1.165) is 6.04 Å². The highest BCUT2D eigenvalue weighted by Crippen LogP contribution is 2.26. The summed E-state index contributed by atoms with van der Waals surface area (Å²) >= 11 is 3.37. The minimum atomic E-state index is -1.40. The Morgan fingerprint density at radius 3 is 2.59 bits per heavy atom. The number of hydrogen-bond acceptors (Lipinski definition) is 4. The van der Waals surface area contributed by atoms with Gasteiger partial charge in [0.15, 0.2) is 12.9 Å². The first kappa shape index (κ1) is 19.2. The van der Waals surface area contributed by atoms with Crippen LogP contribution in [0, 0.1) is 0 Å². The molecule has 0 fully saturated rings. The van der Waals surface area contributed by atoms with Crippen LogP contribution < -0.4 is 4.74 Å². The van der Waals surface area contributed by atoms with Crippen LogP contribution in [0.3, 0.4) is 0 Å². The third-order valence-electron chi connectivity index (χ3n) is 3.00. The minimum absolute atomic E-state index is 0.0565. The summed E-state index contributed by atoms with van der Waals surface area (Å²) in [6.07, 6.45) is -1.34. The molecule has 124 valence electrons. The molecule has 0 unspecified atom stereocenters. The van der Waals surface area contributed by atoms with E-state index in [1.165, 1.54) is 0 Å². The van der Waals surface area contributed by atoms with Crippen LogP contribution in [-0.2, 0) is 16.0 Å². The molecule has 0 amide bonds. The Bertz CT molecular complexity index is 501. The van der Waals surface area contributed by atoms with Crippen molar-refractivity contribution in [3.8, 4) is 5.75 Å². The third-order valence-corrected chi connectivity index (χ3v) is 5.33. The largest absolute Gasteiger partial charge is 0.479 e. The Kier molecular flexibility index (Phi) is 7.54. The number of aliphatic hydroxyl groups excluding tert-OH is 1. The van der Waals surface area contributed by atoms with Crippen LogP contribution in [0.2, 0.25) is 25.7 Å². The van der Waals surface area contributed by atoms with Gasteiger partial charge in [0.2, 0.25) is 0 Å². The Hall–Kier alpha value is -0.893. The van der Waals surface area contributed by atoms with Gasteiger partial charge >= 0.3 is 5.97 Å². The maximum atomic E-state index is 10.6. The first-order chi connectivity index (χ1) is 10.2. The molecule has 0 saturated heterocycles. The first-order valence-electron chi connectivity index (χ1n) is 7.09. The van der Waals surface area contributed by atoms with E-state index in [9.17, 15) is 9.90 Å². The molecule has 22 heavy (non-hydrogen) atoms. The summed E-state index contributed by atoms with van der Waals surface area (Å²) in [7, 11) is -1.09. The SMILES string of the molecule is C[Si](C)(C)CCOCOc1ccc(C[C@@H](O)C(=O)O)cc1Br. The van der Waals surface area contributed by atoms with Gasteiger partial charge in [0.25, 0.3) is 0 Å². The van der Waals surface area contributed by atoms with Gasteiger partial charge in [0, 0.05) is 21.1 Å². The maximum absolute atomic E-state index is 10.6. The number of halogens is 1. The van der Waals surface area contributed by atoms with Crippen LogP contribution in [0.1, 0.15) is 5.56 Å². The summed E-state index contributed by atoms with van der Waals surface area (Å²) in [5.74, 6) is -0.603. The van der Waals surface area contributed by atoms with Gasteiger partial charge in [-0.25, -0.2) is 4.79 Å². The Balaban J connectivity index is 2.44. The highest BCUT2D eigenvalue weighted by atomic mass is 79.9. The van der Waals surface area contributed by atoms with Crippen molar-refractivity contribution in [1.29, 1.82) is 0 Å². The average Bonchev–Trinajstić information content (AvgIpc) is 2.39. The highest BCUT2D eigenvalue weighted by molar-refractivity contribution is 9.10. The molecule has 1 aromatic rings. The fourth-order valence-corrected chi connectivity index (χ4v) is 2.94. The number of carboxylic acids is 1. The number of rotatable bonds is 9. The van der Waals surface area contributed by atoms with Crippen LogP contribution >= 0.6 is 15.9 Å². The van der Waals surface area contributed by atoms with Gasteiger partial charge in [-0.2, -0.15) is 0 Å². The van der Waals surface area contributed by atoms with E-state index in [1.807, 2.05) is 0 Å². The van der Waals surface area contributed by atoms with Gasteiger partial charge in [-0.3, -0.25) is 0 Å². The standard InChI is InChI=1S/C15H23BrO5Si/c1-22(2,3)7-6-20-10-21-14-5-4-11(8-12(14)16)9-13(17)15(18)19/h4-5,8,13,17H,6-7,9-10H2,1-3H3,(H,18,19)/t13-/m1/s1. The monoisotopic (exact) mass is 390 g/mol. The van der Waals surface area contributed by atoms with Gasteiger partial charge in [-0.15, -0.1) is 0 Å². The summed E-state index contributed by atoms with van der Waals surface area (Å²) < 4.78 is 11.7. The van der Waals surface area contributed by atoms with Crippen LogP contribution in [0.5, 0.6) is 5.75 Å². The van der Waals surface area contributed by atoms with Crippen molar-refractivity contribution >= 4 is 30.0 Å².